The van der Waals surface area contributed by atoms with Gasteiger partial charge in [-0.15, -0.1) is 0 Å². The molecule has 0 aromatic rings. The monoisotopic (exact) mass is 328 g/mol. The van der Waals surface area contributed by atoms with Crippen molar-refractivity contribution in [2.75, 3.05) is 6.61 Å². The largest absolute Gasteiger partial charge is 0.481 e. The second-order valence-electron chi connectivity index (χ2n) is 6.69. The summed E-state index contributed by atoms with van der Waals surface area (Å²) in [5, 5.41) is 8.56. The van der Waals surface area contributed by atoms with Crippen LogP contribution in [0.15, 0.2) is 0 Å². The standard InChI is InChI=1S/C20H40O3/c1-3-5-16-19(23-4-2)17-14-12-10-8-6-7-9-11-13-15-18-20(21)22/h19H,3-18H2,1-2H3,(H,21,22). The summed E-state index contributed by atoms with van der Waals surface area (Å²) in [7, 11) is 0. The van der Waals surface area contributed by atoms with Crippen LogP contribution >= 0.6 is 0 Å². The minimum Gasteiger partial charge on any atom is -0.481 e. The van der Waals surface area contributed by atoms with E-state index in [9.17, 15) is 4.79 Å². The number of carboxylic acid groups (broad SMARTS) is 1. The van der Waals surface area contributed by atoms with Crippen LogP contribution in [0, 0.1) is 0 Å². The third-order valence-corrected chi connectivity index (χ3v) is 4.45. The Morgan fingerprint density at radius 1 is 0.783 bits per heavy atom. The number of carboxylic acids is 1. The van der Waals surface area contributed by atoms with Gasteiger partial charge in [0, 0.05) is 13.0 Å². The Balaban J connectivity index is 3.26. The van der Waals surface area contributed by atoms with Gasteiger partial charge in [-0.2, -0.15) is 0 Å². The fraction of sp³-hybridized carbons (Fsp3) is 0.950. The zero-order valence-electron chi connectivity index (χ0n) is 15.7. The van der Waals surface area contributed by atoms with Crippen LogP contribution in [-0.4, -0.2) is 23.8 Å². The number of rotatable bonds is 18. The molecule has 0 saturated carbocycles. The smallest absolute Gasteiger partial charge is 0.303 e. The summed E-state index contributed by atoms with van der Waals surface area (Å²) in [5.41, 5.74) is 0. The first-order valence-electron chi connectivity index (χ1n) is 10.0. The van der Waals surface area contributed by atoms with Crippen LogP contribution in [0.2, 0.25) is 0 Å². The van der Waals surface area contributed by atoms with Gasteiger partial charge in [-0.05, 0) is 26.2 Å². The van der Waals surface area contributed by atoms with Crippen molar-refractivity contribution in [3.63, 3.8) is 0 Å². The van der Waals surface area contributed by atoms with E-state index in [0.717, 1.165) is 19.4 Å². The van der Waals surface area contributed by atoms with Crippen LogP contribution < -0.4 is 0 Å². The van der Waals surface area contributed by atoms with Crippen molar-refractivity contribution >= 4 is 5.97 Å². The van der Waals surface area contributed by atoms with Gasteiger partial charge in [0.2, 0.25) is 0 Å². The second-order valence-corrected chi connectivity index (χ2v) is 6.69. The SMILES string of the molecule is CCCCC(CCCCCCCCCCCCC(=O)O)OCC. The molecule has 3 heteroatoms. The first kappa shape index (κ1) is 22.4. The molecule has 0 aliphatic rings. The molecular weight excluding hydrogens is 288 g/mol. The quantitative estimate of drug-likeness (QED) is 0.298. The third-order valence-electron chi connectivity index (χ3n) is 4.45. The van der Waals surface area contributed by atoms with Gasteiger partial charge in [0.25, 0.3) is 0 Å². The van der Waals surface area contributed by atoms with Crippen LogP contribution in [0.1, 0.15) is 110 Å². The Morgan fingerprint density at radius 2 is 1.26 bits per heavy atom. The predicted octanol–water partition coefficient (Wildman–Crippen LogP) is 6.35. The maximum absolute atomic E-state index is 10.4. The topological polar surface area (TPSA) is 46.5 Å². The number of unbranched alkanes of at least 4 members (excludes halogenated alkanes) is 10. The zero-order valence-corrected chi connectivity index (χ0v) is 15.7. The zero-order chi connectivity index (χ0) is 17.2. The van der Waals surface area contributed by atoms with Crippen LogP contribution in [0.25, 0.3) is 0 Å². The average molecular weight is 329 g/mol. The van der Waals surface area contributed by atoms with Gasteiger partial charge in [0.05, 0.1) is 6.10 Å². The van der Waals surface area contributed by atoms with Crippen molar-refractivity contribution in [3.05, 3.63) is 0 Å². The number of hydrogen-bond donors (Lipinski definition) is 1. The predicted molar refractivity (Wildman–Crippen MR) is 98.0 cm³/mol. The summed E-state index contributed by atoms with van der Waals surface area (Å²) in [4.78, 5) is 10.4. The lowest BCUT2D eigenvalue weighted by Crippen LogP contribution is -2.12. The number of hydrogen-bond acceptors (Lipinski definition) is 2. The van der Waals surface area contributed by atoms with Crippen LogP contribution in [0.4, 0.5) is 0 Å². The van der Waals surface area contributed by atoms with E-state index in [1.807, 2.05) is 0 Å². The summed E-state index contributed by atoms with van der Waals surface area (Å²) in [6.07, 6.45) is 18.2. The molecule has 0 bridgehead atoms. The highest BCUT2D eigenvalue weighted by Gasteiger charge is 2.07. The van der Waals surface area contributed by atoms with E-state index in [4.69, 9.17) is 9.84 Å². The fourth-order valence-corrected chi connectivity index (χ4v) is 3.04. The highest BCUT2D eigenvalue weighted by molar-refractivity contribution is 5.66. The Bertz CT molecular complexity index is 253. The molecule has 0 saturated heterocycles. The normalized spacial score (nSPS) is 12.4. The van der Waals surface area contributed by atoms with Crippen LogP contribution in [0.5, 0.6) is 0 Å². The minimum absolute atomic E-state index is 0.334. The van der Waals surface area contributed by atoms with Crippen molar-refractivity contribution in [1.82, 2.24) is 0 Å². The fourth-order valence-electron chi connectivity index (χ4n) is 3.04. The summed E-state index contributed by atoms with van der Waals surface area (Å²) >= 11 is 0. The molecule has 0 aromatic heterocycles. The molecule has 0 aliphatic carbocycles. The Hall–Kier alpha value is -0.570. The molecule has 23 heavy (non-hydrogen) atoms. The van der Waals surface area contributed by atoms with E-state index in [0.29, 0.717) is 12.5 Å². The number of carbonyl (C=O) groups is 1. The van der Waals surface area contributed by atoms with E-state index >= 15 is 0 Å². The Morgan fingerprint density at radius 3 is 1.74 bits per heavy atom. The van der Waals surface area contributed by atoms with Gasteiger partial charge >= 0.3 is 5.97 Å². The highest BCUT2D eigenvalue weighted by Crippen LogP contribution is 2.16. The molecule has 3 nitrogen and oxygen atoms in total. The van der Waals surface area contributed by atoms with E-state index in [-0.39, 0.29) is 0 Å². The average Bonchev–Trinajstić information content (AvgIpc) is 2.53. The summed E-state index contributed by atoms with van der Waals surface area (Å²) < 4.78 is 5.81. The van der Waals surface area contributed by atoms with E-state index in [2.05, 4.69) is 13.8 Å². The van der Waals surface area contributed by atoms with Gasteiger partial charge in [-0.3, -0.25) is 4.79 Å². The molecule has 1 N–H and O–H groups in total. The maximum atomic E-state index is 10.4. The number of ether oxygens (including phenoxy) is 1. The van der Waals surface area contributed by atoms with Crippen molar-refractivity contribution in [2.24, 2.45) is 0 Å². The van der Waals surface area contributed by atoms with Gasteiger partial charge in [0.1, 0.15) is 0 Å². The molecule has 138 valence electrons. The molecule has 0 radical (unpaired) electrons. The third kappa shape index (κ3) is 17.6. The van der Waals surface area contributed by atoms with Crippen molar-refractivity contribution in [2.45, 2.75) is 116 Å². The molecule has 0 amide bonds. The molecule has 1 atom stereocenters. The maximum Gasteiger partial charge on any atom is 0.303 e. The van der Waals surface area contributed by atoms with Gasteiger partial charge in [0.15, 0.2) is 0 Å². The lowest BCUT2D eigenvalue weighted by Gasteiger charge is -2.16. The van der Waals surface area contributed by atoms with E-state index in [1.165, 1.54) is 77.0 Å². The molecule has 0 spiro atoms. The first-order valence-corrected chi connectivity index (χ1v) is 10.0. The number of aliphatic carboxylic acids is 1. The molecule has 1 unspecified atom stereocenters. The Labute approximate surface area is 144 Å². The van der Waals surface area contributed by atoms with Crippen molar-refractivity contribution in [3.8, 4) is 0 Å². The Kier molecular flexibility index (Phi) is 17.3. The molecule has 0 aliphatic heterocycles. The minimum atomic E-state index is -0.661. The van der Waals surface area contributed by atoms with Crippen LogP contribution in [0.3, 0.4) is 0 Å². The second kappa shape index (κ2) is 17.8. The summed E-state index contributed by atoms with van der Waals surface area (Å²) in [6, 6.07) is 0. The molecule has 0 heterocycles. The van der Waals surface area contributed by atoms with Gasteiger partial charge in [-0.1, -0.05) is 77.6 Å². The molecule has 0 fully saturated rings. The van der Waals surface area contributed by atoms with Crippen molar-refractivity contribution < 1.29 is 14.6 Å². The van der Waals surface area contributed by atoms with E-state index in [1.54, 1.807) is 0 Å². The molecule has 0 rings (SSSR count). The lowest BCUT2D eigenvalue weighted by molar-refractivity contribution is -0.137. The highest BCUT2D eigenvalue weighted by atomic mass is 16.5. The summed E-state index contributed by atoms with van der Waals surface area (Å²) in [6.45, 7) is 5.19. The van der Waals surface area contributed by atoms with Gasteiger partial charge < -0.3 is 9.84 Å². The molecular formula is C20H40O3. The lowest BCUT2D eigenvalue weighted by atomic mass is 10.0. The van der Waals surface area contributed by atoms with Gasteiger partial charge in [-0.25, -0.2) is 0 Å². The van der Waals surface area contributed by atoms with Crippen LogP contribution in [-0.2, 0) is 9.53 Å². The van der Waals surface area contributed by atoms with E-state index < -0.39 is 5.97 Å². The van der Waals surface area contributed by atoms with Crippen molar-refractivity contribution in [1.29, 1.82) is 0 Å². The first-order chi connectivity index (χ1) is 11.2. The summed E-state index contributed by atoms with van der Waals surface area (Å²) in [5.74, 6) is -0.661. The molecule has 0 aromatic carbocycles.